The molecule has 1 aliphatic carbocycles. The van der Waals surface area contributed by atoms with Crippen molar-refractivity contribution < 1.29 is 9.59 Å². The van der Waals surface area contributed by atoms with Crippen molar-refractivity contribution in [3.8, 4) is 0 Å². The maximum atomic E-state index is 12.4. The van der Waals surface area contributed by atoms with Crippen molar-refractivity contribution >= 4 is 35.7 Å². The van der Waals surface area contributed by atoms with Gasteiger partial charge in [0.05, 0.1) is 6.04 Å². The first-order chi connectivity index (χ1) is 10.6. The molecule has 3 amide bonds. The van der Waals surface area contributed by atoms with Crippen LogP contribution in [-0.2, 0) is 4.79 Å². The molecule has 1 saturated carbocycles. The summed E-state index contributed by atoms with van der Waals surface area (Å²) < 4.78 is 0. The van der Waals surface area contributed by atoms with Crippen molar-refractivity contribution in [2.45, 2.75) is 44.2 Å². The van der Waals surface area contributed by atoms with Crippen molar-refractivity contribution in [3.05, 3.63) is 24.3 Å². The molecule has 1 aromatic carbocycles. The molecule has 1 aliphatic heterocycles. The van der Waals surface area contributed by atoms with Gasteiger partial charge in [-0.05, 0) is 49.4 Å². The van der Waals surface area contributed by atoms with Gasteiger partial charge in [0.2, 0.25) is 5.91 Å². The fraction of sp³-hybridized carbons (Fsp3) is 0.500. The number of halogens is 1. The molecule has 1 heterocycles. The minimum Gasteiger partial charge on any atom is -0.351 e. The highest BCUT2D eigenvalue weighted by molar-refractivity contribution is 5.95. The van der Waals surface area contributed by atoms with E-state index in [0.29, 0.717) is 17.6 Å². The number of rotatable bonds is 3. The summed E-state index contributed by atoms with van der Waals surface area (Å²) in [5.41, 5.74) is 6.38. The number of carbonyl (C=O) groups excluding carboxylic acids is 2. The van der Waals surface area contributed by atoms with E-state index >= 15 is 0 Å². The van der Waals surface area contributed by atoms with Gasteiger partial charge < -0.3 is 21.7 Å². The average molecular weight is 339 g/mol. The number of benzene rings is 1. The molecule has 126 valence electrons. The number of hydrogen-bond donors (Lipinski definition) is 4. The second-order valence-electron chi connectivity index (χ2n) is 6.16. The van der Waals surface area contributed by atoms with Crippen LogP contribution in [0.5, 0.6) is 0 Å². The fourth-order valence-corrected chi connectivity index (χ4v) is 3.53. The van der Waals surface area contributed by atoms with Crippen molar-refractivity contribution in [1.82, 2.24) is 5.32 Å². The Bertz CT molecular complexity index is 550. The van der Waals surface area contributed by atoms with E-state index in [1.54, 1.807) is 24.3 Å². The lowest BCUT2D eigenvalue weighted by Crippen LogP contribution is -2.39. The van der Waals surface area contributed by atoms with Crippen LogP contribution in [0.4, 0.5) is 16.2 Å². The normalized spacial score (nSPS) is 25.8. The van der Waals surface area contributed by atoms with Crippen LogP contribution in [0.2, 0.25) is 0 Å². The van der Waals surface area contributed by atoms with Crippen molar-refractivity contribution in [2.24, 2.45) is 11.7 Å². The number of carbonyl (C=O) groups is 2. The Morgan fingerprint density at radius 2 is 1.65 bits per heavy atom. The Kier molecular flexibility index (Phi) is 5.85. The number of fused-ring (bicyclic) bond motifs is 1. The van der Waals surface area contributed by atoms with Gasteiger partial charge in [-0.1, -0.05) is 12.8 Å². The van der Waals surface area contributed by atoms with Gasteiger partial charge in [0.25, 0.3) is 0 Å². The van der Waals surface area contributed by atoms with Gasteiger partial charge >= 0.3 is 6.03 Å². The third-order valence-electron chi connectivity index (χ3n) is 4.60. The molecule has 0 radical (unpaired) electrons. The maximum Gasteiger partial charge on any atom is 0.316 e. The van der Waals surface area contributed by atoms with Gasteiger partial charge in [0.15, 0.2) is 0 Å². The summed E-state index contributed by atoms with van der Waals surface area (Å²) >= 11 is 0. The number of anilines is 2. The van der Waals surface area contributed by atoms with E-state index in [0.717, 1.165) is 12.1 Å². The largest absolute Gasteiger partial charge is 0.351 e. The Morgan fingerprint density at radius 1 is 1.04 bits per heavy atom. The van der Waals surface area contributed by atoms with E-state index in [2.05, 4.69) is 16.0 Å². The van der Waals surface area contributed by atoms with Crippen LogP contribution in [0.3, 0.4) is 0 Å². The van der Waals surface area contributed by atoms with Crippen LogP contribution in [0, 0.1) is 5.92 Å². The van der Waals surface area contributed by atoms with Gasteiger partial charge in [-0.15, -0.1) is 12.4 Å². The van der Waals surface area contributed by atoms with E-state index < -0.39 is 6.03 Å². The third kappa shape index (κ3) is 4.36. The van der Waals surface area contributed by atoms with Crippen molar-refractivity contribution in [1.29, 1.82) is 0 Å². The van der Waals surface area contributed by atoms with Gasteiger partial charge in [-0.2, -0.15) is 0 Å². The van der Waals surface area contributed by atoms with Gasteiger partial charge in [0, 0.05) is 17.4 Å². The molecule has 6 nitrogen and oxygen atoms in total. The summed E-state index contributed by atoms with van der Waals surface area (Å²) in [4.78, 5) is 23.1. The minimum atomic E-state index is -0.602. The van der Waals surface area contributed by atoms with Crippen molar-refractivity contribution in [2.75, 3.05) is 10.6 Å². The molecule has 2 aliphatic rings. The molecule has 7 heteroatoms. The highest BCUT2D eigenvalue weighted by atomic mass is 35.5. The predicted molar refractivity (Wildman–Crippen MR) is 92.8 cm³/mol. The molecule has 1 aromatic rings. The Labute approximate surface area is 142 Å². The zero-order valence-corrected chi connectivity index (χ0v) is 13.7. The molecule has 3 unspecified atom stereocenters. The summed E-state index contributed by atoms with van der Waals surface area (Å²) in [5.74, 6) is 0.664. The molecule has 2 fully saturated rings. The standard InChI is InChI=1S/C16H22N4O2.ClH/c17-16(22)19-12-7-5-11(6-8-12)18-15(21)14-9-10-3-1-2-4-13(10)20-14;/h5-8,10,13-14,20H,1-4,9H2,(H,18,21)(H3,17,19,22);1H. The van der Waals surface area contributed by atoms with Gasteiger partial charge in [-0.25, -0.2) is 4.79 Å². The number of primary amides is 1. The van der Waals surface area contributed by atoms with Crippen LogP contribution < -0.4 is 21.7 Å². The lowest BCUT2D eigenvalue weighted by atomic mass is 9.85. The molecule has 5 N–H and O–H groups in total. The summed E-state index contributed by atoms with van der Waals surface area (Å²) in [7, 11) is 0. The fourth-order valence-electron chi connectivity index (χ4n) is 3.53. The van der Waals surface area contributed by atoms with Crippen LogP contribution in [0.15, 0.2) is 24.3 Å². The molecular formula is C16H23ClN4O2. The first kappa shape index (κ1) is 17.6. The molecule has 1 saturated heterocycles. The third-order valence-corrected chi connectivity index (χ3v) is 4.60. The summed E-state index contributed by atoms with van der Waals surface area (Å²) in [6.07, 6.45) is 5.89. The number of nitrogens with one attached hydrogen (secondary N) is 3. The molecule has 3 atom stereocenters. The molecular weight excluding hydrogens is 316 g/mol. The topological polar surface area (TPSA) is 96.2 Å². The molecule has 0 bridgehead atoms. The average Bonchev–Trinajstić information content (AvgIpc) is 2.93. The molecule has 3 rings (SSSR count). The zero-order chi connectivity index (χ0) is 15.5. The number of urea groups is 1. The predicted octanol–water partition coefficient (Wildman–Crippen LogP) is 2.46. The van der Waals surface area contributed by atoms with Crippen LogP contribution >= 0.6 is 12.4 Å². The number of amides is 3. The Balaban J connectivity index is 0.00000192. The SMILES string of the molecule is Cl.NC(=O)Nc1ccc(NC(=O)C2CC3CCCCC3N2)cc1. The van der Waals surface area contributed by atoms with E-state index in [1.807, 2.05) is 0 Å². The van der Waals surface area contributed by atoms with Gasteiger partial charge in [-0.3, -0.25) is 4.79 Å². The second kappa shape index (κ2) is 7.66. The second-order valence-corrected chi connectivity index (χ2v) is 6.16. The highest BCUT2D eigenvalue weighted by Crippen LogP contribution is 2.33. The van der Waals surface area contributed by atoms with Crippen LogP contribution in [-0.4, -0.2) is 24.0 Å². The van der Waals surface area contributed by atoms with Crippen LogP contribution in [0.25, 0.3) is 0 Å². The van der Waals surface area contributed by atoms with E-state index in [4.69, 9.17) is 5.73 Å². The van der Waals surface area contributed by atoms with E-state index in [1.165, 1.54) is 25.7 Å². The zero-order valence-electron chi connectivity index (χ0n) is 12.9. The monoisotopic (exact) mass is 338 g/mol. The number of hydrogen-bond acceptors (Lipinski definition) is 3. The Hall–Kier alpha value is -1.79. The molecule has 23 heavy (non-hydrogen) atoms. The van der Waals surface area contributed by atoms with E-state index in [9.17, 15) is 9.59 Å². The highest BCUT2D eigenvalue weighted by Gasteiger charge is 2.38. The van der Waals surface area contributed by atoms with Crippen molar-refractivity contribution in [3.63, 3.8) is 0 Å². The summed E-state index contributed by atoms with van der Waals surface area (Å²) in [6.45, 7) is 0. The quantitative estimate of drug-likeness (QED) is 0.681. The minimum absolute atomic E-state index is 0. The summed E-state index contributed by atoms with van der Waals surface area (Å²) in [6, 6.07) is 6.73. The maximum absolute atomic E-state index is 12.4. The van der Waals surface area contributed by atoms with Crippen LogP contribution in [0.1, 0.15) is 32.1 Å². The lowest BCUT2D eigenvalue weighted by Gasteiger charge is -2.24. The van der Waals surface area contributed by atoms with Gasteiger partial charge in [0.1, 0.15) is 0 Å². The smallest absolute Gasteiger partial charge is 0.316 e. The first-order valence-corrected chi connectivity index (χ1v) is 7.85. The molecule has 0 aromatic heterocycles. The lowest BCUT2D eigenvalue weighted by molar-refractivity contribution is -0.117. The van der Waals surface area contributed by atoms with E-state index in [-0.39, 0.29) is 24.4 Å². The Morgan fingerprint density at radius 3 is 2.26 bits per heavy atom. The molecule has 0 spiro atoms. The first-order valence-electron chi connectivity index (χ1n) is 7.85. The number of nitrogens with two attached hydrogens (primary N) is 1. The summed E-state index contributed by atoms with van der Waals surface area (Å²) in [5, 5.41) is 8.88.